The summed E-state index contributed by atoms with van der Waals surface area (Å²) in [6, 6.07) is 21.1. The zero-order valence-electron chi connectivity index (χ0n) is 21.1. The van der Waals surface area contributed by atoms with Crippen LogP contribution in [-0.2, 0) is 29.0 Å². The van der Waals surface area contributed by atoms with E-state index in [4.69, 9.17) is 0 Å². The minimum absolute atomic E-state index is 0.0108. The monoisotopic (exact) mass is 474 g/mol. The van der Waals surface area contributed by atoms with Crippen LogP contribution in [0.3, 0.4) is 0 Å². The van der Waals surface area contributed by atoms with Crippen LogP contribution in [0, 0.1) is 19.7 Å². The normalized spacial score (nSPS) is 12.6. The summed E-state index contributed by atoms with van der Waals surface area (Å²) in [4.78, 5) is 28.9. The molecular weight excluding hydrogens is 439 g/mol. The summed E-state index contributed by atoms with van der Waals surface area (Å²) in [6.07, 6.45) is 1.37. The van der Waals surface area contributed by atoms with Crippen LogP contribution >= 0.6 is 0 Å². The van der Waals surface area contributed by atoms with Gasteiger partial charge < -0.3 is 10.2 Å². The molecule has 35 heavy (non-hydrogen) atoms. The van der Waals surface area contributed by atoms with Gasteiger partial charge in [-0.15, -0.1) is 0 Å². The number of nitrogens with one attached hydrogen (secondary N) is 1. The second kappa shape index (κ2) is 12.3. The van der Waals surface area contributed by atoms with E-state index < -0.39 is 6.04 Å². The van der Waals surface area contributed by atoms with Crippen LogP contribution in [-0.4, -0.2) is 28.8 Å². The number of amides is 2. The number of hydrogen-bond acceptors (Lipinski definition) is 2. The van der Waals surface area contributed by atoms with E-state index >= 15 is 0 Å². The van der Waals surface area contributed by atoms with Crippen LogP contribution in [0.1, 0.15) is 48.1 Å². The Bertz CT molecular complexity index is 1130. The number of rotatable bonds is 10. The quantitative estimate of drug-likeness (QED) is 0.419. The van der Waals surface area contributed by atoms with E-state index in [1.165, 1.54) is 17.7 Å². The fraction of sp³-hybridized carbons (Fsp3) is 0.333. The van der Waals surface area contributed by atoms with E-state index in [1.54, 1.807) is 17.0 Å². The summed E-state index contributed by atoms with van der Waals surface area (Å²) in [6.45, 7) is 8.25. The Kier molecular flexibility index (Phi) is 9.18. The average Bonchev–Trinajstić information content (AvgIpc) is 2.85. The van der Waals surface area contributed by atoms with Gasteiger partial charge in [0.15, 0.2) is 0 Å². The molecule has 3 aromatic rings. The predicted octanol–water partition coefficient (Wildman–Crippen LogP) is 5.54. The van der Waals surface area contributed by atoms with E-state index in [-0.39, 0.29) is 36.6 Å². The number of carbonyl (C=O) groups is 2. The maximum absolute atomic E-state index is 13.7. The molecule has 5 heteroatoms. The summed E-state index contributed by atoms with van der Waals surface area (Å²) in [5, 5.41) is 3.07. The SMILES string of the molecule is CC[C@H](C)NC(=O)[C@H](Cc1ccccc1)N(Cc1ccc(F)cc1)C(=O)Cc1ccc(C)c(C)c1. The Morgan fingerprint density at radius 3 is 2.17 bits per heavy atom. The van der Waals surface area contributed by atoms with Gasteiger partial charge in [0.2, 0.25) is 11.8 Å². The fourth-order valence-corrected chi connectivity index (χ4v) is 3.97. The lowest BCUT2D eigenvalue weighted by Gasteiger charge is -2.32. The van der Waals surface area contributed by atoms with Crippen molar-refractivity contribution < 1.29 is 14.0 Å². The molecule has 0 aliphatic rings. The minimum Gasteiger partial charge on any atom is -0.352 e. The van der Waals surface area contributed by atoms with Crippen LogP contribution in [0.2, 0.25) is 0 Å². The molecule has 4 nitrogen and oxygen atoms in total. The van der Waals surface area contributed by atoms with Gasteiger partial charge in [0.05, 0.1) is 6.42 Å². The first-order valence-corrected chi connectivity index (χ1v) is 12.2. The van der Waals surface area contributed by atoms with Crippen molar-refractivity contribution >= 4 is 11.8 Å². The molecule has 0 spiro atoms. The lowest BCUT2D eigenvalue weighted by atomic mass is 10.00. The van der Waals surface area contributed by atoms with Crippen molar-refractivity contribution in [3.63, 3.8) is 0 Å². The molecule has 184 valence electrons. The van der Waals surface area contributed by atoms with E-state index in [1.807, 2.05) is 76.2 Å². The number of aryl methyl sites for hydroxylation is 2. The Morgan fingerprint density at radius 1 is 0.886 bits per heavy atom. The molecule has 2 amide bonds. The van der Waals surface area contributed by atoms with Crippen molar-refractivity contribution in [3.05, 3.63) is 106 Å². The van der Waals surface area contributed by atoms with Crippen LogP contribution in [0.4, 0.5) is 4.39 Å². The molecule has 0 unspecified atom stereocenters. The molecule has 1 N–H and O–H groups in total. The van der Waals surface area contributed by atoms with Gasteiger partial charge in [-0.25, -0.2) is 4.39 Å². The summed E-state index contributed by atoms with van der Waals surface area (Å²) >= 11 is 0. The van der Waals surface area contributed by atoms with E-state index in [9.17, 15) is 14.0 Å². The average molecular weight is 475 g/mol. The number of benzene rings is 3. The van der Waals surface area contributed by atoms with Crippen molar-refractivity contribution in [1.82, 2.24) is 10.2 Å². The summed E-state index contributed by atoms with van der Waals surface area (Å²) < 4.78 is 13.6. The van der Waals surface area contributed by atoms with Gasteiger partial charge in [0, 0.05) is 19.0 Å². The molecule has 0 aliphatic carbocycles. The maximum atomic E-state index is 13.7. The highest BCUT2D eigenvalue weighted by molar-refractivity contribution is 5.89. The fourth-order valence-electron chi connectivity index (χ4n) is 3.97. The smallest absolute Gasteiger partial charge is 0.243 e. The number of carbonyl (C=O) groups excluding carboxylic acids is 2. The van der Waals surface area contributed by atoms with Gasteiger partial charge in [-0.3, -0.25) is 9.59 Å². The van der Waals surface area contributed by atoms with E-state index in [2.05, 4.69) is 5.32 Å². The molecule has 0 heterocycles. The summed E-state index contributed by atoms with van der Waals surface area (Å²) in [5.74, 6) is -0.659. The standard InChI is InChI=1S/C30H35FN2O2/c1-5-23(4)32-30(35)28(18-24-9-7-6-8-10-24)33(20-25-13-15-27(31)16-14-25)29(34)19-26-12-11-21(2)22(3)17-26/h6-17,23,28H,5,18-20H2,1-4H3,(H,32,35)/t23-,28-/m0/s1. The Balaban J connectivity index is 1.97. The molecule has 0 bridgehead atoms. The Morgan fingerprint density at radius 2 is 1.54 bits per heavy atom. The topological polar surface area (TPSA) is 49.4 Å². The highest BCUT2D eigenvalue weighted by Crippen LogP contribution is 2.18. The van der Waals surface area contributed by atoms with Gasteiger partial charge in [-0.2, -0.15) is 0 Å². The highest BCUT2D eigenvalue weighted by Gasteiger charge is 2.31. The number of nitrogens with zero attached hydrogens (tertiary/aromatic N) is 1. The van der Waals surface area contributed by atoms with Crippen LogP contribution < -0.4 is 5.32 Å². The van der Waals surface area contributed by atoms with Crippen molar-refractivity contribution in [3.8, 4) is 0 Å². The van der Waals surface area contributed by atoms with Gasteiger partial charge >= 0.3 is 0 Å². The third-order valence-electron chi connectivity index (χ3n) is 6.46. The number of hydrogen-bond donors (Lipinski definition) is 1. The van der Waals surface area contributed by atoms with E-state index in [0.717, 1.165) is 28.7 Å². The largest absolute Gasteiger partial charge is 0.352 e. The third kappa shape index (κ3) is 7.51. The van der Waals surface area contributed by atoms with Gasteiger partial charge in [0.25, 0.3) is 0 Å². The van der Waals surface area contributed by atoms with Crippen LogP contribution in [0.15, 0.2) is 72.8 Å². The molecular formula is C30H35FN2O2. The molecule has 3 aromatic carbocycles. The van der Waals surface area contributed by atoms with E-state index in [0.29, 0.717) is 6.42 Å². The second-order valence-electron chi connectivity index (χ2n) is 9.27. The third-order valence-corrected chi connectivity index (χ3v) is 6.46. The molecule has 0 fully saturated rings. The highest BCUT2D eigenvalue weighted by atomic mass is 19.1. The van der Waals surface area contributed by atoms with Crippen molar-refractivity contribution in [2.75, 3.05) is 0 Å². The Hall–Kier alpha value is -3.47. The first kappa shape index (κ1) is 26.1. The zero-order chi connectivity index (χ0) is 25.4. The molecule has 0 aromatic heterocycles. The zero-order valence-corrected chi connectivity index (χ0v) is 21.1. The molecule has 0 radical (unpaired) electrons. The maximum Gasteiger partial charge on any atom is 0.243 e. The first-order valence-electron chi connectivity index (χ1n) is 12.2. The van der Waals surface area contributed by atoms with Gasteiger partial charge in [-0.05, 0) is 67.1 Å². The van der Waals surface area contributed by atoms with Crippen molar-refractivity contribution in [1.29, 1.82) is 0 Å². The van der Waals surface area contributed by atoms with Gasteiger partial charge in [0.1, 0.15) is 11.9 Å². The molecule has 3 rings (SSSR count). The lowest BCUT2D eigenvalue weighted by molar-refractivity contribution is -0.141. The van der Waals surface area contributed by atoms with Crippen molar-refractivity contribution in [2.45, 2.75) is 65.6 Å². The first-order chi connectivity index (χ1) is 16.8. The van der Waals surface area contributed by atoms with Crippen molar-refractivity contribution in [2.24, 2.45) is 0 Å². The van der Waals surface area contributed by atoms with Crippen LogP contribution in [0.25, 0.3) is 0 Å². The molecule has 2 atom stereocenters. The molecule has 0 saturated carbocycles. The summed E-state index contributed by atoms with van der Waals surface area (Å²) in [5.41, 5.74) is 4.94. The summed E-state index contributed by atoms with van der Waals surface area (Å²) in [7, 11) is 0. The second-order valence-corrected chi connectivity index (χ2v) is 9.27. The molecule has 0 aliphatic heterocycles. The van der Waals surface area contributed by atoms with Crippen LogP contribution in [0.5, 0.6) is 0 Å². The number of halogens is 1. The lowest BCUT2D eigenvalue weighted by Crippen LogP contribution is -2.52. The Labute approximate surface area is 208 Å². The minimum atomic E-state index is -0.699. The predicted molar refractivity (Wildman–Crippen MR) is 138 cm³/mol. The molecule has 0 saturated heterocycles. The van der Waals surface area contributed by atoms with Gasteiger partial charge in [-0.1, -0.05) is 67.6 Å².